The van der Waals surface area contributed by atoms with Crippen LogP contribution in [-0.4, -0.2) is 17.1 Å². The standard InChI is InChI=1S/C18H16FN3O2/c1-11-14(19)7-4-8-15(11)20-18-21-16(10-17(23)22-18)12-5-3-6-13(9-12)24-2/h3-10H,1-2H3,(H2,20,21,22,23). The highest BCUT2D eigenvalue weighted by molar-refractivity contribution is 5.64. The lowest BCUT2D eigenvalue weighted by Gasteiger charge is -2.10. The van der Waals surface area contributed by atoms with Crippen LogP contribution in [0.5, 0.6) is 5.75 Å². The van der Waals surface area contributed by atoms with E-state index in [1.54, 1.807) is 32.2 Å². The second-order valence-electron chi connectivity index (χ2n) is 5.25. The number of halogens is 1. The zero-order chi connectivity index (χ0) is 17.1. The molecule has 0 spiro atoms. The molecular weight excluding hydrogens is 309 g/mol. The van der Waals surface area contributed by atoms with Gasteiger partial charge in [-0.2, -0.15) is 0 Å². The highest BCUT2D eigenvalue weighted by Gasteiger charge is 2.08. The first-order valence-electron chi connectivity index (χ1n) is 7.35. The Morgan fingerprint density at radius 1 is 1.17 bits per heavy atom. The molecule has 122 valence electrons. The summed E-state index contributed by atoms with van der Waals surface area (Å²) < 4.78 is 18.8. The zero-order valence-corrected chi connectivity index (χ0v) is 13.3. The van der Waals surface area contributed by atoms with Crippen molar-refractivity contribution in [2.24, 2.45) is 0 Å². The van der Waals surface area contributed by atoms with Gasteiger partial charge in [0.2, 0.25) is 5.95 Å². The van der Waals surface area contributed by atoms with Gasteiger partial charge in [-0.1, -0.05) is 18.2 Å². The summed E-state index contributed by atoms with van der Waals surface area (Å²) in [6.45, 7) is 1.65. The van der Waals surface area contributed by atoms with Gasteiger partial charge in [0, 0.05) is 22.9 Å². The molecule has 1 heterocycles. The summed E-state index contributed by atoms with van der Waals surface area (Å²) in [5, 5.41) is 2.95. The van der Waals surface area contributed by atoms with Crippen LogP contribution in [0.3, 0.4) is 0 Å². The van der Waals surface area contributed by atoms with Crippen LogP contribution < -0.4 is 15.6 Å². The first-order chi connectivity index (χ1) is 11.6. The Hall–Kier alpha value is -3.15. The van der Waals surface area contributed by atoms with Gasteiger partial charge in [0.15, 0.2) is 0 Å². The normalized spacial score (nSPS) is 10.5. The number of nitrogens with zero attached hydrogens (tertiary/aromatic N) is 1. The van der Waals surface area contributed by atoms with E-state index in [2.05, 4.69) is 15.3 Å². The van der Waals surface area contributed by atoms with Crippen LogP contribution in [-0.2, 0) is 0 Å². The van der Waals surface area contributed by atoms with Gasteiger partial charge in [0.1, 0.15) is 11.6 Å². The Morgan fingerprint density at radius 2 is 1.96 bits per heavy atom. The van der Waals surface area contributed by atoms with Crippen molar-refractivity contribution in [2.75, 3.05) is 12.4 Å². The molecule has 0 saturated carbocycles. The lowest BCUT2D eigenvalue weighted by atomic mass is 10.1. The molecule has 2 N–H and O–H groups in total. The summed E-state index contributed by atoms with van der Waals surface area (Å²) in [7, 11) is 1.57. The maximum Gasteiger partial charge on any atom is 0.252 e. The number of rotatable bonds is 4. The highest BCUT2D eigenvalue weighted by Crippen LogP contribution is 2.24. The van der Waals surface area contributed by atoms with Crippen molar-refractivity contribution >= 4 is 11.6 Å². The molecule has 0 fully saturated rings. The van der Waals surface area contributed by atoms with Crippen molar-refractivity contribution in [1.82, 2.24) is 9.97 Å². The van der Waals surface area contributed by atoms with Gasteiger partial charge in [-0.3, -0.25) is 9.78 Å². The van der Waals surface area contributed by atoms with Crippen LogP contribution in [0, 0.1) is 12.7 Å². The Bertz CT molecular complexity index is 938. The van der Waals surface area contributed by atoms with E-state index in [1.807, 2.05) is 18.2 Å². The molecule has 24 heavy (non-hydrogen) atoms. The average Bonchev–Trinajstić information content (AvgIpc) is 2.58. The van der Waals surface area contributed by atoms with E-state index in [-0.39, 0.29) is 17.3 Å². The van der Waals surface area contributed by atoms with Gasteiger partial charge in [0.25, 0.3) is 5.56 Å². The molecule has 2 aromatic carbocycles. The minimum Gasteiger partial charge on any atom is -0.497 e. The van der Waals surface area contributed by atoms with Gasteiger partial charge in [-0.05, 0) is 31.2 Å². The van der Waals surface area contributed by atoms with E-state index in [0.29, 0.717) is 22.7 Å². The summed E-state index contributed by atoms with van der Waals surface area (Å²) in [6.07, 6.45) is 0. The van der Waals surface area contributed by atoms with Gasteiger partial charge in [-0.25, -0.2) is 9.37 Å². The predicted octanol–water partition coefficient (Wildman–Crippen LogP) is 3.64. The molecular formula is C18H16FN3O2. The molecule has 0 atom stereocenters. The number of anilines is 2. The van der Waals surface area contributed by atoms with Crippen molar-refractivity contribution in [1.29, 1.82) is 0 Å². The lowest BCUT2D eigenvalue weighted by Crippen LogP contribution is -2.11. The maximum absolute atomic E-state index is 13.6. The number of methoxy groups -OCH3 is 1. The van der Waals surface area contributed by atoms with E-state index in [0.717, 1.165) is 5.56 Å². The smallest absolute Gasteiger partial charge is 0.252 e. The number of aromatic nitrogens is 2. The largest absolute Gasteiger partial charge is 0.497 e. The summed E-state index contributed by atoms with van der Waals surface area (Å²) >= 11 is 0. The van der Waals surface area contributed by atoms with Crippen molar-refractivity contribution in [3.8, 4) is 17.0 Å². The number of nitrogens with one attached hydrogen (secondary N) is 2. The summed E-state index contributed by atoms with van der Waals surface area (Å²) in [6, 6.07) is 13.3. The molecule has 0 radical (unpaired) electrons. The Labute approximate surface area is 138 Å². The van der Waals surface area contributed by atoms with E-state index in [9.17, 15) is 9.18 Å². The second kappa shape index (κ2) is 6.54. The topological polar surface area (TPSA) is 67.0 Å². The van der Waals surface area contributed by atoms with Crippen LogP contribution in [0.25, 0.3) is 11.3 Å². The fraction of sp³-hybridized carbons (Fsp3) is 0.111. The second-order valence-corrected chi connectivity index (χ2v) is 5.25. The average molecular weight is 325 g/mol. The molecule has 1 aromatic heterocycles. The molecule has 0 amide bonds. The highest BCUT2D eigenvalue weighted by atomic mass is 19.1. The minimum atomic E-state index is -0.328. The van der Waals surface area contributed by atoms with E-state index < -0.39 is 0 Å². The Morgan fingerprint density at radius 3 is 2.75 bits per heavy atom. The van der Waals surface area contributed by atoms with Gasteiger partial charge in [-0.15, -0.1) is 0 Å². The van der Waals surface area contributed by atoms with E-state index >= 15 is 0 Å². The van der Waals surface area contributed by atoms with Gasteiger partial charge in [0.05, 0.1) is 12.8 Å². The summed E-state index contributed by atoms with van der Waals surface area (Å²) in [5.74, 6) is 0.588. The van der Waals surface area contributed by atoms with Crippen LogP contribution in [0.4, 0.5) is 16.0 Å². The van der Waals surface area contributed by atoms with Crippen molar-refractivity contribution < 1.29 is 9.13 Å². The predicted molar refractivity (Wildman–Crippen MR) is 91.3 cm³/mol. The van der Waals surface area contributed by atoms with E-state index in [4.69, 9.17) is 4.74 Å². The molecule has 0 aliphatic carbocycles. The fourth-order valence-corrected chi connectivity index (χ4v) is 2.32. The summed E-state index contributed by atoms with van der Waals surface area (Å²) in [5.41, 5.74) is 1.93. The molecule has 0 aliphatic heterocycles. The molecule has 3 aromatic rings. The molecule has 6 heteroatoms. The van der Waals surface area contributed by atoms with Crippen LogP contribution in [0.1, 0.15) is 5.56 Å². The van der Waals surface area contributed by atoms with Gasteiger partial charge >= 0.3 is 0 Å². The third kappa shape index (κ3) is 3.27. The molecule has 0 aliphatic rings. The fourth-order valence-electron chi connectivity index (χ4n) is 2.32. The van der Waals surface area contributed by atoms with Gasteiger partial charge < -0.3 is 10.1 Å². The first-order valence-corrected chi connectivity index (χ1v) is 7.35. The third-order valence-corrected chi connectivity index (χ3v) is 3.63. The van der Waals surface area contributed by atoms with Crippen molar-refractivity contribution in [3.05, 3.63) is 70.3 Å². The van der Waals surface area contributed by atoms with Crippen LogP contribution in [0.2, 0.25) is 0 Å². The quantitative estimate of drug-likeness (QED) is 0.768. The molecule has 3 rings (SSSR count). The molecule has 0 unspecified atom stereocenters. The number of benzene rings is 2. The first kappa shape index (κ1) is 15.7. The maximum atomic E-state index is 13.6. The number of hydrogen-bond donors (Lipinski definition) is 2. The van der Waals surface area contributed by atoms with E-state index in [1.165, 1.54) is 12.1 Å². The summed E-state index contributed by atoms with van der Waals surface area (Å²) in [4.78, 5) is 19.0. The lowest BCUT2D eigenvalue weighted by molar-refractivity contribution is 0.415. The number of aromatic amines is 1. The van der Waals surface area contributed by atoms with Crippen molar-refractivity contribution in [3.63, 3.8) is 0 Å². The zero-order valence-electron chi connectivity index (χ0n) is 13.3. The molecule has 5 nitrogen and oxygen atoms in total. The monoisotopic (exact) mass is 325 g/mol. The number of ether oxygens (including phenoxy) is 1. The SMILES string of the molecule is COc1cccc(-c2cc(=O)[nH]c(Nc3cccc(F)c3C)n2)c1. The number of hydrogen-bond acceptors (Lipinski definition) is 4. The molecule has 0 bridgehead atoms. The number of H-pyrrole nitrogens is 1. The van der Waals surface area contributed by atoms with Crippen LogP contribution >= 0.6 is 0 Å². The van der Waals surface area contributed by atoms with Crippen molar-refractivity contribution in [2.45, 2.75) is 6.92 Å². The molecule has 0 saturated heterocycles. The minimum absolute atomic E-state index is 0.244. The Kier molecular flexibility index (Phi) is 4.29. The van der Waals surface area contributed by atoms with Crippen LogP contribution in [0.15, 0.2) is 53.3 Å². The third-order valence-electron chi connectivity index (χ3n) is 3.63. The Balaban J connectivity index is 2.00.